The molecule has 3 aliphatic rings. The molecule has 1 heteroatoms. The fourth-order valence-electron chi connectivity index (χ4n) is 4.59. The monoisotopic (exact) mass is 256 g/mol. The number of halogens is 1. The number of hydrogen-bond donors (Lipinski definition) is 0. The third-order valence-corrected chi connectivity index (χ3v) is 6.48. The molecule has 0 radical (unpaired) electrons. The van der Waals surface area contributed by atoms with Crippen molar-refractivity contribution in [1.82, 2.24) is 0 Å². The summed E-state index contributed by atoms with van der Waals surface area (Å²) in [7, 11) is 0. The van der Waals surface area contributed by atoms with Crippen molar-refractivity contribution >= 4 is 15.9 Å². The zero-order chi connectivity index (χ0) is 9.71. The van der Waals surface area contributed by atoms with Crippen LogP contribution in [-0.2, 0) is 0 Å². The minimum atomic E-state index is 0.874. The van der Waals surface area contributed by atoms with E-state index in [0.29, 0.717) is 0 Å². The van der Waals surface area contributed by atoms with Crippen molar-refractivity contribution in [2.24, 2.45) is 29.6 Å². The van der Waals surface area contributed by atoms with Crippen LogP contribution in [0.4, 0.5) is 0 Å². The van der Waals surface area contributed by atoms with Crippen LogP contribution in [-0.4, -0.2) is 4.83 Å². The van der Waals surface area contributed by atoms with E-state index in [1.54, 1.807) is 6.42 Å². The minimum absolute atomic E-state index is 0.874. The maximum Gasteiger partial charge on any atom is 0.0207 e. The van der Waals surface area contributed by atoms with Crippen LogP contribution >= 0.6 is 15.9 Å². The van der Waals surface area contributed by atoms with Crippen molar-refractivity contribution in [3.05, 3.63) is 0 Å². The third-order valence-electron chi connectivity index (χ3n) is 5.13. The highest BCUT2D eigenvalue weighted by atomic mass is 79.9. The van der Waals surface area contributed by atoms with E-state index in [1.807, 2.05) is 0 Å². The van der Waals surface area contributed by atoms with Crippen LogP contribution in [0.2, 0.25) is 0 Å². The summed E-state index contributed by atoms with van der Waals surface area (Å²) in [6, 6.07) is 0. The second kappa shape index (κ2) is 3.50. The Morgan fingerprint density at radius 1 is 0.929 bits per heavy atom. The van der Waals surface area contributed by atoms with Crippen LogP contribution in [0.3, 0.4) is 0 Å². The fourth-order valence-corrected chi connectivity index (χ4v) is 5.93. The van der Waals surface area contributed by atoms with Crippen LogP contribution in [0.5, 0.6) is 0 Å². The molecule has 14 heavy (non-hydrogen) atoms. The summed E-state index contributed by atoms with van der Waals surface area (Å²) in [6.45, 7) is 2.45. The lowest BCUT2D eigenvalue weighted by atomic mass is 9.71. The van der Waals surface area contributed by atoms with Gasteiger partial charge in [-0.1, -0.05) is 35.7 Å². The Labute approximate surface area is 96.0 Å². The predicted octanol–water partition coefficient (Wildman–Crippen LogP) is 4.23. The summed E-state index contributed by atoms with van der Waals surface area (Å²) in [5.41, 5.74) is 0. The molecule has 0 saturated heterocycles. The number of hydrogen-bond acceptors (Lipinski definition) is 0. The Bertz CT molecular complexity index is 225. The van der Waals surface area contributed by atoms with Crippen LogP contribution in [0.1, 0.15) is 45.4 Å². The molecule has 0 spiro atoms. The summed E-state index contributed by atoms with van der Waals surface area (Å²) in [5.74, 6) is 5.24. The van der Waals surface area contributed by atoms with E-state index < -0.39 is 0 Å². The molecule has 0 aromatic carbocycles. The molecule has 0 aromatic rings. The average molecular weight is 257 g/mol. The van der Waals surface area contributed by atoms with Crippen molar-refractivity contribution in [1.29, 1.82) is 0 Å². The molecule has 0 aliphatic heterocycles. The lowest BCUT2D eigenvalue weighted by molar-refractivity contribution is 0.169. The zero-order valence-electron chi connectivity index (χ0n) is 9.08. The molecular weight excluding hydrogens is 236 g/mol. The first-order chi connectivity index (χ1) is 6.75. The van der Waals surface area contributed by atoms with Crippen molar-refractivity contribution in [2.75, 3.05) is 0 Å². The summed E-state index contributed by atoms with van der Waals surface area (Å²) in [4.78, 5) is 0.874. The van der Waals surface area contributed by atoms with Crippen LogP contribution in [0.25, 0.3) is 0 Å². The van der Waals surface area contributed by atoms with Gasteiger partial charge in [0.1, 0.15) is 0 Å². The Balaban J connectivity index is 1.80. The first-order valence-corrected chi connectivity index (χ1v) is 7.31. The summed E-state index contributed by atoms with van der Waals surface area (Å²) in [6.07, 6.45) is 9.15. The zero-order valence-corrected chi connectivity index (χ0v) is 10.7. The first kappa shape index (κ1) is 9.69. The van der Waals surface area contributed by atoms with Crippen LogP contribution in [0, 0.1) is 29.6 Å². The lowest BCUT2D eigenvalue weighted by Crippen LogP contribution is -2.35. The molecule has 0 nitrogen and oxygen atoms in total. The van der Waals surface area contributed by atoms with Gasteiger partial charge in [-0.2, -0.15) is 0 Å². The standard InChI is InChI=1S/C13H21Br/c1-8-5-10-7-9-3-2-4-11(9)13(14)12(10)6-8/h8-13H,2-7H2,1H3/t8?,9?,10?,11-,12?,13-/m1/s1. The number of rotatable bonds is 0. The lowest BCUT2D eigenvalue weighted by Gasteiger charge is -2.39. The predicted molar refractivity (Wildman–Crippen MR) is 63.5 cm³/mol. The van der Waals surface area contributed by atoms with Crippen LogP contribution < -0.4 is 0 Å². The van der Waals surface area contributed by atoms with Gasteiger partial charge < -0.3 is 0 Å². The molecule has 6 atom stereocenters. The van der Waals surface area contributed by atoms with E-state index in [-0.39, 0.29) is 0 Å². The molecular formula is C13H21Br. The molecule has 0 amide bonds. The highest BCUT2D eigenvalue weighted by molar-refractivity contribution is 9.09. The maximum absolute atomic E-state index is 4.03. The molecule has 4 unspecified atom stereocenters. The smallest absolute Gasteiger partial charge is 0.0207 e. The molecule has 0 bridgehead atoms. The molecule has 80 valence electrons. The number of fused-ring (bicyclic) bond motifs is 2. The van der Waals surface area contributed by atoms with Crippen molar-refractivity contribution in [3.63, 3.8) is 0 Å². The topological polar surface area (TPSA) is 0 Å². The van der Waals surface area contributed by atoms with Gasteiger partial charge in [-0.05, 0) is 55.3 Å². The highest BCUT2D eigenvalue weighted by Crippen LogP contribution is 2.55. The second-order valence-corrected chi connectivity index (χ2v) is 7.09. The van der Waals surface area contributed by atoms with Gasteiger partial charge in [0.15, 0.2) is 0 Å². The highest BCUT2D eigenvalue weighted by Gasteiger charge is 2.48. The quantitative estimate of drug-likeness (QED) is 0.569. The van der Waals surface area contributed by atoms with E-state index in [2.05, 4.69) is 22.9 Å². The molecule has 3 rings (SSSR count). The van der Waals surface area contributed by atoms with Gasteiger partial charge in [-0.15, -0.1) is 0 Å². The van der Waals surface area contributed by atoms with Gasteiger partial charge in [-0.3, -0.25) is 0 Å². The SMILES string of the molecule is CC1CC2CC3CCC[C@H]3[C@@H](Br)C2C1. The molecule has 3 aliphatic carbocycles. The Morgan fingerprint density at radius 2 is 1.79 bits per heavy atom. The van der Waals surface area contributed by atoms with Crippen molar-refractivity contribution in [3.8, 4) is 0 Å². The van der Waals surface area contributed by atoms with Gasteiger partial charge in [0.2, 0.25) is 0 Å². The van der Waals surface area contributed by atoms with E-state index in [1.165, 1.54) is 32.1 Å². The molecule has 0 N–H and O–H groups in total. The van der Waals surface area contributed by atoms with Gasteiger partial charge in [0.25, 0.3) is 0 Å². The van der Waals surface area contributed by atoms with Crippen molar-refractivity contribution < 1.29 is 0 Å². The summed E-state index contributed by atoms with van der Waals surface area (Å²) < 4.78 is 0. The maximum atomic E-state index is 4.03. The van der Waals surface area contributed by atoms with E-state index in [9.17, 15) is 0 Å². The normalized spacial score (nSPS) is 57.0. The molecule has 3 saturated carbocycles. The molecule has 0 aromatic heterocycles. The molecule has 3 fully saturated rings. The third kappa shape index (κ3) is 1.38. The fraction of sp³-hybridized carbons (Fsp3) is 1.00. The average Bonchev–Trinajstić information content (AvgIpc) is 2.71. The van der Waals surface area contributed by atoms with Crippen LogP contribution in [0.15, 0.2) is 0 Å². The first-order valence-electron chi connectivity index (χ1n) is 6.39. The molecule has 0 heterocycles. The Morgan fingerprint density at radius 3 is 2.64 bits per heavy atom. The summed E-state index contributed by atoms with van der Waals surface area (Å²) in [5, 5.41) is 0. The van der Waals surface area contributed by atoms with Gasteiger partial charge >= 0.3 is 0 Å². The van der Waals surface area contributed by atoms with E-state index >= 15 is 0 Å². The number of alkyl halides is 1. The van der Waals surface area contributed by atoms with Gasteiger partial charge in [-0.25, -0.2) is 0 Å². The Hall–Kier alpha value is 0.480. The van der Waals surface area contributed by atoms with Crippen molar-refractivity contribution in [2.45, 2.75) is 50.3 Å². The second-order valence-electron chi connectivity index (χ2n) is 6.04. The Kier molecular flexibility index (Phi) is 2.42. The van der Waals surface area contributed by atoms with E-state index in [4.69, 9.17) is 0 Å². The largest absolute Gasteiger partial charge is 0.0884 e. The van der Waals surface area contributed by atoms with Gasteiger partial charge in [0.05, 0.1) is 0 Å². The minimum Gasteiger partial charge on any atom is -0.0884 e. The van der Waals surface area contributed by atoms with Gasteiger partial charge in [0, 0.05) is 4.83 Å². The van der Waals surface area contributed by atoms with E-state index in [0.717, 1.165) is 34.4 Å². The summed E-state index contributed by atoms with van der Waals surface area (Å²) >= 11 is 4.03.